The van der Waals surface area contributed by atoms with E-state index in [1.54, 1.807) is 12.1 Å². The fourth-order valence-electron chi connectivity index (χ4n) is 2.36. The van der Waals surface area contributed by atoms with E-state index in [4.69, 9.17) is 0 Å². The molecule has 122 valence electrons. The van der Waals surface area contributed by atoms with E-state index in [1.807, 2.05) is 24.3 Å². The van der Waals surface area contributed by atoms with Gasteiger partial charge >= 0.3 is 6.18 Å². The summed E-state index contributed by atoms with van der Waals surface area (Å²) in [6.07, 6.45) is -3.02. The molecule has 3 aromatic rings. The molecule has 0 bridgehead atoms. The molecule has 0 heterocycles. The maximum absolute atomic E-state index is 12.7. The zero-order chi connectivity index (χ0) is 17.2. The van der Waals surface area contributed by atoms with Gasteiger partial charge in [-0.2, -0.15) is 18.3 Å². The van der Waals surface area contributed by atoms with Crippen LogP contribution in [0.4, 0.5) is 18.9 Å². The summed E-state index contributed by atoms with van der Waals surface area (Å²) in [5, 5.41) is 15.7. The second-order valence-corrected chi connectivity index (χ2v) is 5.17. The largest absolute Gasteiger partial charge is 0.507 e. The van der Waals surface area contributed by atoms with Crippen LogP contribution in [0.5, 0.6) is 5.75 Å². The summed E-state index contributed by atoms with van der Waals surface area (Å²) in [6, 6.07) is 15.5. The molecule has 0 fully saturated rings. The highest BCUT2D eigenvalue weighted by molar-refractivity contribution is 6.02. The first kappa shape index (κ1) is 15.9. The predicted molar refractivity (Wildman–Crippen MR) is 88.3 cm³/mol. The molecule has 0 spiro atoms. The summed E-state index contributed by atoms with van der Waals surface area (Å²) in [7, 11) is 0. The summed E-state index contributed by atoms with van der Waals surface area (Å²) in [6.45, 7) is 0. The van der Waals surface area contributed by atoms with Gasteiger partial charge in [0.25, 0.3) is 0 Å². The molecule has 0 saturated carbocycles. The number of phenols is 1. The Morgan fingerprint density at radius 3 is 2.54 bits per heavy atom. The van der Waals surface area contributed by atoms with Crippen molar-refractivity contribution in [3.8, 4) is 5.75 Å². The van der Waals surface area contributed by atoms with E-state index in [2.05, 4.69) is 10.5 Å². The van der Waals surface area contributed by atoms with Gasteiger partial charge in [-0.05, 0) is 35.0 Å². The van der Waals surface area contributed by atoms with Crippen LogP contribution < -0.4 is 5.43 Å². The van der Waals surface area contributed by atoms with Gasteiger partial charge in [-0.15, -0.1) is 0 Å². The number of halogens is 3. The third kappa shape index (κ3) is 3.32. The minimum atomic E-state index is -4.41. The number of hydrazone groups is 1. The maximum Gasteiger partial charge on any atom is 0.416 e. The van der Waals surface area contributed by atoms with Crippen molar-refractivity contribution < 1.29 is 18.3 Å². The van der Waals surface area contributed by atoms with Crippen LogP contribution in [0.2, 0.25) is 0 Å². The van der Waals surface area contributed by atoms with Crippen molar-refractivity contribution in [1.82, 2.24) is 0 Å². The number of nitrogens with zero attached hydrogens (tertiary/aromatic N) is 1. The lowest BCUT2D eigenvalue weighted by Gasteiger charge is -2.08. The molecule has 3 rings (SSSR count). The standard InChI is InChI=1S/C18H13F3N2O/c19-18(20,21)13-5-3-6-14(10-13)23-22-11-16-15-7-2-1-4-12(15)8-9-17(16)24/h1-11,23-24H/b22-11+. The normalized spacial score (nSPS) is 12.0. The fourth-order valence-corrected chi connectivity index (χ4v) is 2.36. The van der Waals surface area contributed by atoms with Crippen LogP contribution in [0.15, 0.2) is 65.8 Å². The van der Waals surface area contributed by atoms with Gasteiger partial charge in [-0.25, -0.2) is 0 Å². The smallest absolute Gasteiger partial charge is 0.416 e. The first-order valence-corrected chi connectivity index (χ1v) is 7.12. The molecular weight excluding hydrogens is 317 g/mol. The first-order valence-electron chi connectivity index (χ1n) is 7.12. The Morgan fingerprint density at radius 1 is 0.958 bits per heavy atom. The van der Waals surface area contributed by atoms with Crippen molar-refractivity contribution in [2.24, 2.45) is 5.10 Å². The zero-order valence-electron chi connectivity index (χ0n) is 12.4. The number of alkyl halides is 3. The molecule has 0 unspecified atom stereocenters. The fraction of sp³-hybridized carbons (Fsp3) is 0.0556. The maximum atomic E-state index is 12.7. The minimum absolute atomic E-state index is 0.0447. The Bertz CT molecular complexity index is 904. The van der Waals surface area contributed by atoms with Crippen LogP contribution in [-0.4, -0.2) is 11.3 Å². The lowest BCUT2D eigenvalue weighted by Crippen LogP contribution is -2.05. The molecule has 0 atom stereocenters. The highest BCUT2D eigenvalue weighted by atomic mass is 19.4. The molecular formula is C18H13F3N2O. The number of phenolic OH excluding ortho intramolecular Hbond substituents is 1. The molecule has 0 aromatic heterocycles. The van der Waals surface area contributed by atoms with Crippen LogP contribution >= 0.6 is 0 Å². The lowest BCUT2D eigenvalue weighted by molar-refractivity contribution is -0.137. The Kier molecular flexibility index (Phi) is 4.12. The Hall–Kier alpha value is -3.02. The number of nitrogens with one attached hydrogen (secondary N) is 1. The van der Waals surface area contributed by atoms with Gasteiger partial charge in [0.15, 0.2) is 0 Å². The van der Waals surface area contributed by atoms with Gasteiger partial charge in [0, 0.05) is 5.56 Å². The average Bonchev–Trinajstić information content (AvgIpc) is 2.56. The summed E-state index contributed by atoms with van der Waals surface area (Å²) >= 11 is 0. The van der Waals surface area contributed by atoms with Crippen molar-refractivity contribution in [2.75, 3.05) is 5.43 Å². The second kappa shape index (κ2) is 6.23. The number of benzene rings is 3. The molecule has 0 saturated heterocycles. The molecule has 0 radical (unpaired) electrons. The Morgan fingerprint density at radius 2 is 1.75 bits per heavy atom. The minimum Gasteiger partial charge on any atom is -0.507 e. The molecule has 0 aliphatic rings. The molecule has 0 amide bonds. The number of hydrogen-bond donors (Lipinski definition) is 2. The molecule has 6 heteroatoms. The molecule has 0 aliphatic heterocycles. The van der Waals surface area contributed by atoms with E-state index in [0.717, 1.165) is 22.9 Å². The van der Waals surface area contributed by atoms with Crippen LogP contribution in [0.25, 0.3) is 10.8 Å². The Labute approximate surface area is 136 Å². The molecule has 2 N–H and O–H groups in total. The van der Waals surface area contributed by atoms with Gasteiger partial charge in [-0.3, -0.25) is 5.43 Å². The van der Waals surface area contributed by atoms with E-state index in [-0.39, 0.29) is 11.4 Å². The monoisotopic (exact) mass is 330 g/mol. The first-order chi connectivity index (χ1) is 11.4. The van der Waals surface area contributed by atoms with Gasteiger partial charge in [0.05, 0.1) is 17.5 Å². The summed E-state index contributed by atoms with van der Waals surface area (Å²) in [5.41, 5.74) is 2.50. The van der Waals surface area contributed by atoms with E-state index >= 15 is 0 Å². The highest BCUT2D eigenvalue weighted by Crippen LogP contribution is 2.30. The number of hydrogen-bond acceptors (Lipinski definition) is 3. The molecule has 0 aliphatic carbocycles. The third-order valence-corrected chi connectivity index (χ3v) is 3.52. The summed E-state index contributed by atoms with van der Waals surface area (Å²) < 4.78 is 38.0. The van der Waals surface area contributed by atoms with Gasteiger partial charge in [-0.1, -0.05) is 36.4 Å². The third-order valence-electron chi connectivity index (χ3n) is 3.52. The van der Waals surface area contributed by atoms with Crippen molar-refractivity contribution >= 4 is 22.7 Å². The van der Waals surface area contributed by atoms with Crippen molar-refractivity contribution in [1.29, 1.82) is 0 Å². The number of rotatable bonds is 3. The van der Waals surface area contributed by atoms with Gasteiger partial charge < -0.3 is 5.11 Å². The molecule has 3 nitrogen and oxygen atoms in total. The van der Waals surface area contributed by atoms with Crippen molar-refractivity contribution in [3.05, 3.63) is 71.8 Å². The van der Waals surface area contributed by atoms with E-state index < -0.39 is 11.7 Å². The highest BCUT2D eigenvalue weighted by Gasteiger charge is 2.30. The quantitative estimate of drug-likeness (QED) is 0.524. The van der Waals surface area contributed by atoms with E-state index in [0.29, 0.717) is 5.56 Å². The number of anilines is 1. The zero-order valence-corrected chi connectivity index (χ0v) is 12.4. The predicted octanol–water partition coefficient (Wildman–Crippen LogP) is 5.01. The van der Waals surface area contributed by atoms with Crippen LogP contribution in [-0.2, 0) is 6.18 Å². The lowest BCUT2D eigenvalue weighted by atomic mass is 10.0. The van der Waals surface area contributed by atoms with Crippen LogP contribution in [0, 0.1) is 0 Å². The van der Waals surface area contributed by atoms with Crippen molar-refractivity contribution in [2.45, 2.75) is 6.18 Å². The van der Waals surface area contributed by atoms with Gasteiger partial charge in [0.2, 0.25) is 0 Å². The summed E-state index contributed by atoms with van der Waals surface area (Å²) in [4.78, 5) is 0. The topological polar surface area (TPSA) is 44.6 Å². The van der Waals surface area contributed by atoms with E-state index in [9.17, 15) is 18.3 Å². The molecule has 24 heavy (non-hydrogen) atoms. The molecule has 3 aromatic carbocycles. The number of fused-ring (bicyclic) bond motifs is 1. The van der Waals surface area contributed by atoms with E-state index in [1.165, 1.54) is 18.3 Å². The number of aromatic hydroxyl groups is 1. The SMILES string of the molecule is Oc1ccc2ccccc2c1/C=N/Nc1cccc(C(F)(F)F)c1. The van der Waals surface area contributed by atoms with Crippen LogP contribution in [0.3, 0.4) is 0 Å². The Balaban J connectivity index is 1.87. The summed E-state index contributed by atoms with van der Waals surface area (Å²) in [5.74, 6) is 0.0447. The second-order valence-electron chi connectivity index (χ2n) is 5.17. The van der Waals surface area contributed by atoms with Crippen molar-refractivity contribution in [3.63, 3.8) is 0 Å². The van der Waals surface area contributed by atoms with Gasteiger partial charge in [0.1, 0.15) is 5.75 Å². The van der Waals surface area contributed by atoms with Crippen LogP contribution in [0.1, 0.15) is 11.1 Å². The average molecular weight is 330 g/mol.